The van der Waals surface area contributed by atoms with Gasteiger partial charge in [0.2, 0.25) is 0 Å². The van der Waals surface area contributed by atoms with E-state index >= 15 is 0 Å². The number of methoxy groups -OCH3 is 1. The van der Waals surface area contributed by atoms with Gasteiger partial charge in [-0.15, -0.1) is 11.8 Å². The number of rotatable bonds is 7. The molecular weight excluding hydrogens is 496 g/mol. The van der Waals surface area contributed by atoms with E-state index in [9.17, 15) is 9.59 Å². The minimum absolute atomic E-state index is 0.272. The zero-order chi connectivity index (χ0) is 25.8. The fraction of sp³-hybridized carbons (Fsp3) is 0.286. The van der Waals surface area contributed by atoms with Gasteiger partial charge >= 0.3 is 5.97 Å². The zero-order valence-electron chi connectivity index (χ0n) is 20.7. The van der Waals surface area contributed by atoms with Gasteiger partial charge in [0.25, 0.3) is 5.91 Å². The zero-order valence-corrected chi connectivity index (χ0v) is 22.3. The van der Waals surface area contributed by atoms with E-state index in [1.165, 1.54) is 11.8 Å². The lowest BCUT2D eigenvalue weighted by Gasteiger charge is -2.28. The molecule has 6 nitrogen and oxygen atoms in total. The number of nitrogens with zero attached hydrogens (tertiary/aromatic N) is 2. The van der Waals surface area contributed by atoms with Crippen LogP contribution in [0.25, 0.3) is 0 Å². The Bertz CT molecular complexity index is 1230. The molecule has 0 fully saturated rings. The van der Waals surface area contributed by atoms with Crippen LogP contribution in [0.3, 0.4) is 0 Å². The van der Waals surface area contributed by atoms with E-state index in [1.807, 2.05) is 74.4 Å². The second-order valence-corrected chi connectivity index (χ2v) is 10.5. The summed E-state index contributed by atoms with van der Waals surface area (Å²) in [6.07, 6.45) is -1.05. The third kappa shape index (κ3) is 5.86. The number of halogens is 1. The predicted octanol–water partition coefficient (Wildman–Crippen LogP) is 5.62. The molecule has 36 heavy (non-hydrogen) atoms. The summed E-state index contributed by atoms with van der Waals surface area (Å²) in [4.78, 5) is 31.9. The van der Waals surface area contributed by atoms with Crippen LogP contribution in [0.4, 0.5) is 5.69 Å². The monoisotopic (exact) mass is 524 g/mol. The molecule has 1 unspecified atom stereocenters. The van der Waals surface area contributed by atoms with Gasteiger partial charge in [-0.25, -0.2) is 4.79 Å². The van der Waals surface area contributed by atoms with Gasteiger partial charge in [0.15, 0.2) is 6.10 Å². The number of ether oxygens (including phenoxy) is 2. The van der Waals surface area contributed by atoms with Crippen molar-refractivity contribution in [1.29, 1.82) is 0 Å². The van der Waals surface area contributed by atoms with Crippen LogP contribution < -0.4 is 9.64 Å². The Hall–Kier alpha value is -3.00. The van der Waals surface area contributed by atoms with E-state index in [0.717, 1.165) is 21.7 Å². The van der Waals surface area contributed by atoms with Gasteiger partial charge < -0.3 is 19.3 Å². The summed E-state index contributed by atoms with van der Waals surface area (Å²) in [7, 11) is 5.51. The molecule has 0 bridgehead atoms. The molecule has 0 spiro atoms. The first-order valence-electron chi connectivity index (χ1n) is 11.6. The third-order valence-corrected chi connectivity index (χ3v) is 7.58. The molecule has 1 aliphatic heterocycles. The van der Waals surface area contributed by atoms with E-state index in [2.05, 4.69) is 0 Å². The number of likely N-dealkylation sites (N-methyl/N-ethyl adjacent to an activating group) is 1. The lowest BCUT2D eigenvalue weighted by Crippen LogP contribution is -2.45. The molecule has 0 saturated heterocycles. The fourth-order valence-electron chi connectivity index (χ4n) is 3.96. The fourth-order valence-corrected chi connectivity index (χ4v) is 5.55. The van der Waals surface area contributed by atoms with Crippen LogP contribution in [0.5, 0.6) is 5.75 Å². The number of benzene rings is 3. The predicted molar refractivity (Wildman–Crippen MR) is 144 cm³/mol. The highest BCUT2D eigenvalue weighted by molar-refractivity contribution is 7.99. The van der Waals surface area contributed by atoms with Gasteiger partial charge in [0.05, 0.1) is 23.6 Å². The summed E-state index contributed by atoms with van der Waals surface area (Å²) < 4.78 is 11.3. The van der Waals surface area contributed by atoms with Gasteiger partial charge in [-0.2, -0.15) is 0 Å². The Morgan fingerprint density at radius 3 is 2.39 bits per heavy atom. The average molecular weight is 525 g/mol. The maximum atomic E-state index is 14.1. The van der Waals surface area contributed by atoms with Crippen molar-refractivity contribution in [3.63, 3.8) is 0 Å². The summed E-state index contributed by atoms with van der Waals surface area (Å²) in [6.45, 7) is 3.03. The van der Waals surface area contributed by atoms with E-state index in [4.69, 9.17) is 21.1 Å². The third-order valence-electron chi connectivity index (χ3n) is 5.99. The molecular formula is C28H29ClN2O4S. The quantitative estimate of drug-likeness (QED) is 0.374. The van der Waals surface area contributed by atoms with Crippen LogP contribution >= 0.6 is 23.4 Å². The SMILES string of the molecule is COc1ccc([C@@H]2Sc3cc(Cl)ccc3N(CCN(C)C)C(=O)C2OC(=O)c2ccc(C)cc2)cc1. The van der Waals surface area contributed by atoms with Crippen molar-refractivity contribution in [3.05, 3.63) is 88.4 Å². The average Bonchev–Trinajstić information content (AvgIpc) is 2.97. The van der Waals surface area contributed by atoms with E-state index in [1.54, 1.807) is 30.2 Å². The molecule has 8 heteroatoms. The summed E-state index contributed by atoms with van der Waals surface area (Å²) in [6, 6.07) is 20.1. The molecule has 0 saturated carbocycles. The van der Waals surface area contributed by atoms with Crippen molar-refractivity contribution in [2.45, 2.75) is 23.2 Å². The molecule has 0 aromatic heterocycles. The lowest BCUT2D eigenvalue weighted by molar-refractivity contribution is -0.127. The Balaban J connectivity index is 1.78. The number of hydrogen-bond donors (Lipinski definition) is 0. The van der Waals surface area contributed by atoms with Gasteiger partial charge in [0, 0.05) is 23.0 Å². The Kier molecular flexibility index (Phi) is 8.24. The highest BCUT2D eigenvalue weighted by atomic mass is 35.5. The molecule has 0 aliphatic carbocycles. The highest BCUT2D eigenvalue weighted by Crippen LogP contribution is 2.47. The van der Waals surface area contributed by atoms with E-state index in [0.29, 0.717) is 29.4 Å². The van der Waals surface area contributed by atoms with Crippen molar-refractivity contribution >= 4 is 40.9 Å². The van der Waals surface area contributed by atoms with Crippen LogP contribution in [0.1, 0.15) is 26.7 Å². The normalized spacial score (nSPS) is 17.5. The summed E-state index contributed by atoms with van der Waals surface area (Å²) in [5.41, 5.74) is 3.03. The van der Waals surface area contributed by atoms with Crippen molar-refractivity contribution in [3.8, 4) is 5.75 Å². The number of aryl methyl sites for hydroxylation is 1. The van der Waals surface area contributed by atoms with Crippen LogP contribution in [0, 0.1) is 6.92 Å². The molecule has 1 aliphatic rings. The maximum Gasteiger partial charge on any atom is 0.338 e. The number of anilines is 1. The van der Waals surface area contributed by atoms with Gasteiger partial charge in [-0.05, 0) is 69.0 Å². The molecule has 4 rings (SSSR count). The van der Waals surface area contributed by atoms with Gasteiger partial charge in [-0.3, -0.25) is 4.79 Å². The minimum atomic E-state index is -1.05. The molecule has 188 valence electrons. The largest absolute Gasteiger partial charge is 0.497 e. The molecule has 3 aromatic carbocycles. The smallest absolute Gasteiger partial charge is 0.338 e. The lowest BCUT2D eigenvalue weighted by atomic mass is 10.0. The van der Waals surface area contributed by atoms with Crippen LogP contribution in [0.2, 0.25) is 5.02 Å². The molecule has 1 amide bonds. The number of esters is 1. The number of amides is 1. The van der Waals surface area contributed by atoms with Crippen molar-refractivity contribution in [1.82, 2.24) is 4.90 Å². The van der Waals surface area contributed by atoms with Crippen molar-refractivity contribution < 1.29 is 19.1 Å². The van der Waals surface area contributed by atoms with E-state index < -0.39 is 17.3 Å². The van der Waals surface area contributed by atoms with E-state index in [-0.39, 0.29) is 5.91 Å². The molecule has 0 radical (unpaired) electrons. The first-order chi connectivity index (χ1) is 17.3. The minimum Gasteiger partial charge on any atom is -0.497 e. The Morgan fingerprint density at radius 2 is 1.75 bits per heavy atom. The second-order valence-electron chi connectivity index (χ2n) is 8.91. The van der Waals surface area contributed by atoms with Gasteiger partial charge in [0.1, 0.15) is 5.75 Å². The number of carbonyl (C=O) groups excluding carboxylic acids is 2. The molecule has 1 heterocycles. The Labute approximate surface area is 221 Å². The maximum absolute atomic E-state index is 14.1. The second kappa shape index (κ2) is 11.4. The summed E-state index contributed by atoms with van der Waals surface area (Å²) >= 11 is 7.83. The van der Waals surface area contributed by atoms with Crippen LogP contribution in [-0.4, -0.2) is 57.2 Å². The number of fused-ring (bicyclic) bond motifs is 1. The summed E-state index contributed by atoms with van der Waals surface area (Å²) in [5.74, 6) is -0.108. The van der Waals surface area contributed by atoms with Crippen molar-refractivity contribution in [2.75, 3.05) is 39.2 Å². The number of carbonyl (C=O) groups is 2. The topological polar surface area (TPSA) is 59.1 Å². The van der Waals surface area contributed by atoms with Crippen molar-refractivity contribution in [2.24, 2.45) is 0 Å². The number of hydrogen-bond acceptors (Lipinski definition) is 6. The number of thioether (sulfide) groups is 1. The highest BCUT2D eigenvalue weighted by Gasteiger charge is 2.41. The Morgan fingerprint density at radius 1 is 1.06 bits per heavy atom. The molecule has 3 aromatic rings. The standard InChI is InChI=1S/C28H29ClN2O4S/c1-18-5-7-20(8-6-18)28(33)35-25-26(19-9-12-22(34-4)13-10-19)36-24-17-21(29)11-14-23(24)31(27(25)32)16-15-30(2)3/h5-14,17,25-26H,15-16H2,1-4H3/t25?,26-/m0/s1. The first-order valence-corrected chi connectivity index (χ1v) is 12.9. The van der Waals surface area contributed by atoms with Crippen LogP contribution in [0.15, 0.2) is 71.6 Å². The van der Waals surface area contributed by atoms with Crippen LogP contribution in [-0.2, 0) is 9.53 Å². The first kappa shape index (κ1) is 26.1. The summed E-state index contributed by atoms with van der Waals surface area (Å²) in [5, 5.41) is 0.0872. The van der Waals surface area contributed by atoms with Gasteiger partial charge in [-0.1, -0.05) is 41.4 Å². The molecule has 2 atom stereocenters. The molecule has 0 N–H and O–H groups in total.